The summed E-state index contributed by atoms with van der Waals surface area (Å²) in [6.07, 6.45) is 1.03. The molecule has 0 N–H and O–H groups in total. The number of ether oxygens (including phenoxy) is 1. The Morgan fingerprint density at radius 2 is 2.20 bits per heavy atom. The molecule has 0 aromatic heterocycles. The monoisotopic (exact) mass is 242 g/mol. The molecule has 1 aromatic carbocycles. The minimum Gasteiger partial charge on any atom is -0.496 e. The topological polar surface area (TPSA) is 9.23 Å². The highest BCUT2D eigenvalue weighted by Gasteiger charge is 2.26. The van der Waals surface area contributed by atoms with Gasteiger partial charge in [0, 0.05) is 11.1 Å². The predicted octanol–water partition coefficient (Wildman–Crippen LogP) is 3.21. The number of para-hydroxylation sites is 1. The van der Waals surface area contributed by atoms with Gasteiger partial charge < -0.3 is 4.74 Å². The molecular formula is C12H15ClOS. The van der Waals surface area contributed by atoms with E-state index in [-0.39, 0.29) is 0 Å². The van der Waals surface area contributed by atoms with Crippen LogP contribution in [-0.2, 0) is 6.42 Å². The van der Waals surface area contributed by atoms with Crippen molar-refractivity contribution in [3.8, 4) is 5.75 Å². The van der Waals surface area contributed by atoms with E-state index in [0.717, 1.165) is 17.9 Å². The van der Waals surface area contributed by atoms with E-state index in [2.05, 4.69) is 12.1 Å². The van der Waals surface area contributed by atoms with Crippen molar-refractivity contribution < 1.29 is 4.74 Å². The van der Waals surface area contributed by atoms with Crippen molar-refractivity contribution in [1.82, 2.24) is 0 Å². The van der Waals surface area contributed by atoms with Gasteiger partial charge >= 0.3 is 0 Å². The first-order valence-electron chi connectivity index (χ1n) is 5.15. The van der Waals surface area contributed by atoms with Crippen molar-refractivity contribution in [1.29, 1.82) is 0 Å². The summed E-state index contributed by atoms with van der Waals surface area (Å²) in [5, 5.41) is 0.319. The fourth-order valence-electron chi connectivity index (χ4n) is 1.91. The van der Waals surface area contributed by atoms with Crippen LogP contribution in [0.25, 0.3) is 0 Å². The first-order chi connectivity index (χ1) is 7.31. The van der Waals surface area contributed by atoms with Gasteiger partial charge in [0.15, 0.2) is 0 Å². The second kappa shape index (κ2) is 5.13. The number of methoxy groups -OCH3 is 1. The molecule has 0 aliphatic carbocycles. The average Bonchev–Trinajstić information content (AvgIpc) is 2.65. The summed E-state index contributed by atoms with van der Waals surface area (Å²) in [4.78, 5) is 0. The standard InChI is InChI=1S/C12H15ClOS/c1-14-12-5-3-2-4-9(12)6-10-7-15-8-11(10)13/h2-5,10-11H,6-8H2,1H3. The van der Waals surface area contributed by atoms with Crippen LogP contribution in [0.5, 0.6) is 5.75 Å². The lowest BCUT2D eigenvalue weighted by molar-refractivity contribution is 0.406. The molecule has 1 saturated heterocycles. The molecule has 1 nitrogen and oxygen atoms in total. The predicted molar refractivity (Wildman–Crippen MR) is 67.2 cm³/mol. The molecule has 0 saturated carbocycles. The molecule has 1 aliphatic heterocycles. The van der Waals surface area contributed by atoms with Crippen molar-refractivity contribution in [2.24, 2.45) is 5.92 Å². The SMILES string of the molecule is COc1ccccc1CC1CSCC1Cl. The van der Waals surface area contributed by atoms with E-state index in [1.54, 1.807) is 7.11 Å². The fraction of sp³-hybridized carbons (Fsp3) is 0.500. The Labute approximate surface area is 100 Å². The van der Waals surface area contributed by atoms with Crippen LogP contribution in [-0.4, -0.2) is 24.0 Å². The molecule has 1 aliphatic rings. The molecule has 0 bridgehead atoms. The summed E-state index contributed by atoms with van der Waals surface area (Å²) in [7, 11) is 1.72. The van der Waals surface area contributed by atoms with E-state index in [4.69, 9.17) is 16.3 Å². The lowest BCUT2D eigenvalue weighted by Crippen LogP contribution is -2.15. The first kappa shape index (κ1) is 11.2. The Kier molecular flexibility index (Phi) is 3.81. The third kappa shape index (κ3) is 2.61. The molecule has 2 unspecified atom stereocenters. The zero-order valence-electron chi connectivity index (χ0n) is 8.78. The molecule has 1 aromatic rings. The number of hydrogen-bond acceptors (Lipinski definition) is 2. The molecule has 0 amide bonds. The van der Waals surface area contributed by atoms with Crippen molar-refractivity contribution in [2.75, 3.05) is 18.6 Å². The number of benzene rings is 1. The molecule has 15 heavy (non-hydrogen) atoms. The maximum absolute atomic E-state index is 6.26. The van der Waals surface area contributed by atoms with Gasteiger partial charge in [-0.3, -0.25) is 0 Å². The summed E-state index contributed by atoms with van der Waals surface area (Å²) < 4.78 is 5.34. The van der Waals surface area contributed by atoms with Gasteiger partial charge in [-0.05, 0) is 29.7 Å². The minimum absolute atomic E-state index is 0.319. The second-order valence-corrected chi connectivity index (χ2v) is 5.46. The molecule has 2 rings (SSSR count). The Bertz CT molecular complexity index is 329. The van der Waals surface area contributed by atoms with Crippen molar-refractivity contribution >= 4 is 23.4 Å². The van der Waals surface area contributed by atoms with Crippen molar-refractivity contribution in [3.63, 3.8) is 0 Å². The first-order valence-corrected chi connectivity index (χ1v) is 6.74. The van der Waals surface area contributed by atoms with Gasteiger partial charge in [-0.1, -0.05) is 18.2 Å². The third-order valence-corrected chi connectivity index (χ3v) is 4.75. The number of halogens is 1. The van der Waals surface area contributed by atoms with E-state index in [1.165, 1.54) is 11.3 Å². The van der Waals surface area contributed by atoms with Crippen molar-refractivity contribution in [3.05, 3.63) is 29.8 Å². The van der Waals surface area contributed by atoms with E-state index in [0.29, 0.717) is 11.3 Å². The molecule has 3 heteroatoms. The van der Waals surface area contributed by atoms with Crippen LogP contribution in [0.2, 0.25) is 0 Å². The van der Waals surface area contributed by atoms with Crippen LogP contribution >= 0.6 is 23.4 Å². The van der Waals surface area contributed by atoms with Gasteiger partial charge in [-0.25, -0.2) is 0 Å². The maximum Gasteiger partial charge on any atom is 0.122 e. The normalized spacial score (nSPS) is 25.5. The molecule has 0 spiro atoms. The lowest BCUT2D eigenvalue weighted by Gasteiger charge is -2.14. The number of alkyl halides is 1. The van der Waals surface area contributed by atoms with Gasteiger partial charge in [-0.15, -0.1) is 11.6 Å². The maximum atomic E-state index is 6.26. The van der Waals surface area contributed by atoms with Crippen LogP contribution in [0.15, 0.2) is 24.3 Å². The molecule has 82 valence electrons. The van der Waals surface area contributed by atoms with Crippen LogP contribution in [0.3, 0.4) is 0 Å². The van der Waals surface area contributed by atoms with Crippen LogP contribution in [0, 0.1) is 5.92 Å². The van der Waals surface area contributed by atoms with Gasteiger partial charge in [0.2, 0.25) is 0 Å². The molecule has 0 radical (unpaired) electrons. The molecule has 2 atom stereocenters. The molecule has 1 heterocycles. The number of rotatable bonds is 3. The third-order valence-electron chi connectivity index (χ3n) is 2.80. The highest BCUT2D eigenvalue weighted by molar-refractivity contribution is 7.99. The Morgan fingerprint density at radius 3 is 2.87 bits per heavy atom. The van der Waals surface area contributed by atoms with Crippen LogP contribution in [0.1, 0.15) is 5.56 Å². The number of thioether (sulfide) groups is 1. The molecular weight excluding hydrogens is 228 g/mol. The summed E-state index contributed by atoms with van der Waals surface area (Å²) in [5.74, 6) is 3.83. The van der Waals surface area contributed by atoms with Crippen LogP contribution < -0.4 is 4.74 Å². The molecule has 1 fully saturated rings. The van der Waals surface area contributed by atoms with Gasteiger partial charge in [-0.2, -0.15) is 11.8 Å². The van der Waals surface area contributed by atoms with Gasteiger partial charge in [0.05, 0.1) is 7.11 Å². The highest BCUT2D eigenvalue weighted by atomic mass is 35.5. The van der Waals surface area contributed by atoms with E-state index in [1.807, 2.05) is 23.9 Å². The largest absolute Gasteiger partial charge is 0.496 e. The summed E-state index contributed by atoms with van der Waals surface area (Å²) >= 11 is 8.21. The number of hydrogen-bond donors (Lipinski definition) is 0. The second-order valence-electron chi connectivity index (χ2n) is 3.83. The fourth-order valence-corrected chi connectivity index (χ4v) is 3.75. The lowest BCUT2D eigenvalue weighted by atomic mass is 9.98. The van der Waals surface area contributed by atoms with Crippen molar-refractivity contribution in [2.45, 2.75) is 11.8 Å². The quantitative estimate of drug-likeness (QED) is 0.753. The summed E-state index contributed by atoms with van der Waals surface area (Å²) in [5.41, 5.74) is 1.28. The van der Waals surface area contributed by atoms with Crippen LogP contribution in [0.4, 0.5) is 0 Å². The smallest absolute Gasteiger partial charge is 0.122 e. The summed E-state index contributed by atoms with van der Waals surface area (Å²) in [6, 6.07) is 8.21. The van der Waals surface area contributed by atoms with Gasteiger partial charge in [0.25, 0.3) is 0 Å². The zero-order chi connectivity index (χ0) is 10.7. The van der Waals surface area contributed by atoms with Gasteiger partial charge in [0.1, 0.15) is 5.75 Å². The zero-order valence-corrected chi connectivity index (χ0v) is 10.4. The average molecular weight is 243 g/mol. The Balaban J connectivity index is 2.09. The van der Waals surface area contributed by atoms with E-state index in [9.17, 15) is 0 Å². The van der Waals surface area contributed by atoms with E-state index >= 15 is 0 Å². The Morgan fingerprint density at radius 1 is 1.40 bits per heavy atom. The van der Waals surface area contributed by atoms with E-state index < -0.39 is 0 Å². The summed E-state index contributed by atoms with van der Waals surface area (Å²) in [6.45, 7) is 0. The minimum atomic E-state index is 0.319. The Hall–Kier alpha value is -0.340. The highest BCUT2D eigenvalue weighted by Crippen LogP contribution is 2.33.